The van der Waals surface area contributed by atoms with Crippen molar-refractivity contribution < 1.29 is 14.6 Å². The minimum atomic E-state index is -0.296. The molecule has 1 saturated carbocycles. The molecule has 0 atom stereocenters. The number of likely N-dealkylation sites (tertiary alicyclic amines) is 1. The average Bonchev–Trinajstić information content (AvgIpc) is 3.32. The molecule has 37 heavy (non-hydrogen) atoms. The van der Waals surface area contributed by atoms with E-state index in [2.05, 4.69) is 30.4 Å². The van der Waals surface area contributed by atoms with Crippen LogP contribution >= 0.6 is 0 Å². The molecule has 2 fully saturated rings. The van der Waals surface area contributed by atoms with Crippen molar-refractivity contribution in [2.45, 2.75) is 50.9 Å². The minimum Gasteiger partial charge on any atom is -0.489 e. The molecule has 6 rings (SSSR count). The maximum atomic E-state index is 13.1. The first-order valence-electron chi connectivity index (χ1n) is 12.9. The predicted octanol–water partition coefficient (Wildman–Crippen LogP) is 4.16. The van der Waals surface area contributed by atoms with Gasteiger partial charge in [0.1, 0.15) is 5.75 Å². The van der Waals surface area contributed by atoms with E-state index in [1.165, 1.54) is 6.42 Å². The molecule has 9 nitrogen and oxygen atoms in total. The van der Waals surface area contributed by atoms with E-state index in [4.69, 9.17) is 4.74 Å². The van der Waals surface area contributed by atoms with Gasteiger partial charge in [-0.2, -0.15) is 5.10 Å². The number of pyridine rings is 2. The number of benzene rings is 1. The van der Waals surface area contributed by atoms with Gasteiger partial charge in [0.05, 0.1) is 41.5 Å². The number of carbonyl (C=O) groups is 1. The number of nitrogens with zero attached hydrogens (tertiary/aromatic N) is 4. The Balaban J connectivity index is 1.17. The monoisotopic (exact) mass is 498 g/mol. The summed E-state index contributed by atoms with van der Waals surface area (Å²) in [5.41, 5.74) is 4.53. The fraction of sp³-hybridized carbons (Fsp3) is 0.357. The first-order chi connectivity index (χ1) is 18.1. The van der Waals surface area contributed by atoms with E-state index in [0.717, 1.165) is 73.0 Å². The third kappa shape index (κ3) is 5.33. The number of aromatic amines is 1. The highest BCUT2D eigenvalue weighted by Gasteiger charge is 2.21. The summed E-state index contributed by atoms with van der Waals surface area (Å²) < 4.78 is 6.14. The van der Waals surface area contributed by atoms with Crippen LogP contribution in [0, 0.1) is 0 Å². The van der Waals surface area contributed by atoms with E-state index in [1.807, 2.05) is 36.4 Å². The number of hydrogen-bond acceptors (Lipinski definition) is 7. The van der Waals surface area contributed by atoms with Crippen LogP contribution in [-0.4, -0.2) is 61.4 Å². The molecule has 1 amide bonds. The van der Waals surface area contributed by atoms with Crippen molar-refractivity contribution in [3.8, 4) is 16.9 Å². The molecule has 4 aromatic rings. The summed E-state index contributed by atoms with van der Waals surface area (Å²) in [7, 11) is 0. The summed E-state index contributed by atoms with van der Waals surface area (Å²) in [6.07, 6.45) is 9.50. The van der Waals surface area contributed by atoms with Gasteiger partial charge in [-0.3, -0.25) is 24.8 Å². The lowest BCUT2D eigenvalue weighted by molar-refractivity contribution is 0.0664. The zero-order valence-electron chi connectivity index (χ0n) is 20.6. The SMILES string of the molecule is O=C(Nc1ccc(CN2CCC2)nc1)c1n[nH]c2ccc(-c3cncc(OC4CCC(O)CC4)c3)cc12. The molecule has 9 heteroatoms. The van der Waals surface area contributed by atoms with Gasteiger partial charge < -0.3 is 15.2 Å². The Morgan fingerprint density at radius 1 is 1.05 bits per heavy atom. The summed E-state index contributed by atoms with van der Waals surface area (Å²) >= 11 is 0. The number of anilines is 1. The van der Waals surface area contributed by atoms with Gasteiger partial charge in [-0.15, -0.1) is 0 Å². The molecule has 3 N–H and O–H groups in total. The van der Waals surface area contributed by atoms with Crippen molar-refractivity contribution in [1.29, 1.82) is 0 Å². The highest BCUT2D eigenvalue weighted by Crippen LogP contribution is 2.29. The lowest BCUT2D eigenvalue weighted by Crippen LogP contribution is -2.36. The number of aliphatic hydroxyl groups is 1. The topological polar surface area (TPSA) is 116 Å². The fourth-order valence-electron chi connectivity index (χ4n) is 4.91. The second kappa shape index (κ2) is 10.3. The average molecular weight is 499 g/mol. The summed E-state index contributed by atoms with van der Waals surface area (Å²) in [6.45, 7) is 3.08. The van der Waals surface area contributed by atoms with Gasteiger partial charge in [0.25, 0.3) is 5.91 Å². The molecule has 2 aliphatic rings. The molecule has 0 spiro atoms. The molecule has 4 heterocycles. The lowest BCUT2D eigenvalue weighted by Gasteiger charge is -2.30. The Bertz CT molecular complexity index is 1390. The Morgan fingerprint density at radius 3 is 2.68 bits per heavy atom. The number of aromatic nitrogens is 4. The second-order valence-electron chi connectivity index (χ2n) is 9.91. The third-order valence-electron chi connectivity index (χ3n) is 7.19. The van der Waals surface area contributed by atoms with Crippen molar-refractivity contribution in [3.63, 3.8) is 0 Å². The fourth-order valence-corrected chi connectivity index (χ4v) is 4.91. The van der Waals surface area contributed by atoms with E-state index in [9.17, 15) is 9.90 Å². The van der Waals surface area contributed by atoms with Gasteiger partial charge in [0.2, 0.25) is 0 Å². The largest absolute Gasteiger partial charge is 0.489 e. The van der Waals surface area contributed by atoms with Crippen LogP contribution in [0.25, 0.3) is 22.0 Å². The molecule has 0 unspecified atom stereocenters. The maximum Gasteiger partial charge on any atom is 0.276 e. The molecular weight excluding hydrogens is 468 g/mol. The summed E-state index contributed by atoms with van der Waals surface area (Å²) in [6, 6.07) is 11.6. The van der Waals surface area contributed by atoms with Crippen LogP contribution in [0.2, 0.25) is 0 Å². The first-order valence-corrected chi connectivity index (χ1v) is 12.9. The molecule has 190 valence electrons. The standard InChI is InChI=1S/C28H30N6O3/c35-22-5-7-23(8-6-22)37-24-12-19(14-29-16-24)18-2-9-26-25(13-18)27(33-32-26)28(36)31-20-3-4-21(30-15-20)17-34-10-1-11-34/h2-4,9,12-16,22-23,35H,1,5-8,10-11,17H2,(H,31,36)(H,32,33). The van der Waals surface area contributed by atoms with E-state index in [-0.39, 0.29) is 18.1 Å². The summed E-state index contributed by atoms with van der Waals surface area (Å²) in [5, 5.41) is 20.6. The molecule has 0 bridgehead atoms. The minimum absolute atomic E-state index is 0.0892. The predicted molar refractivity (Wildman–Crippen MR) is 140 cm³/mol. The number of rotatable bonds is 7. The van der Waals surface area contributed by atoms with Gasteiger partial charge in [-0.05, 0) is 81.1 Å². The highest BCUT2D eigenvalue weighted by molar-refractivity contribution is 6.11. The zero-order valence-corrected chi connectivity index (χ0v) is 20.6. The maximum absolute atomic E-state index is 13.1. The van der Waals surface area contributed by atoms with Gasteiger partial charge in [0, 0.05) is 23.7 Å². The van der Waals surface area contributed by atoms with E-state index in [0.29, 0.717) is 17.1 Å². The smallest absolute Gasteiger partial charge is 0.276 e. The van der Waals surface area contributed by atoms with E-state index < -0.39 is 0 Å². The van der Waals surface area contributed by atoms with Crippen molar-refractivity contribution in [2.24, 2.45) is 0 Å². The lowest BCUT2D eigenvalue weighted by atomic mass is 9.95. The second-order valence-corrected chi connectivity index (χ2v) is 9.91. The molecule has 1 aliphatic carbocycles. The van der Waals surface area contributed by atoms with Crippen molar-refractivity contribution in [1.82, 2.24) is 25.1 Å². The molecule has 3 aromatic heterocycles. The number of carbonyl (C=O) groups excluding carboxylic acids is 1. The molecular formula is C28H30N6O3. The Kier molecular flexibility index (Phi) is 6.55. The van der Waals surface area contributed by atoms with Crippen molar-refractivity contribution in [3.05, 3.63) is 66.4 Å². The third-order valence-corrected chi connectivity index (χ3v) is 7.19. The zero-order chi connectivity index (χ0) is 25.2. The van der Waals surface area contributed by atoms with Gasteiger partial charge in [0.15, 0.2) is 5.69 Å². The normalized spacial score (nSPS) is 19.9. The quantitative estimate of drug-likeness (QED) is 0.350. The van der Waals surface area contributed by atoms with Crippen LogP contribution in [0.4, 0.5) is 5.69 Å². The summed E-state index contributed by atoms with van der Waals surface area (Å²) in [5.74, 6) is 0.407. The molecule has 0 radical (unpaired) electrons. The van der Waals surface area contributed by atoms with Crippen LogP contribution < -0.4 is 10.1 Å². The number of nitrogens with one attached hydrogen (secondary N) is 2. The van der Waals surface area contributed by atoms with Crippen LogP contribution in [0.1, 0.15) is 48.3 Å². The number of amides is 1. The van der Waals surface area contributed by atoms with E-state index in [1.54, 1.807) is 18.6 Å². The van der Waals surface area contributed by atoms with Gasteiger partial charge >= 0.3 is 0 Å². The van der Waals surface area contributed by atoms with Crippen molar-refractivity contribution in [2.75, 3.05) is 18.4 Å². The first kappa shape index (κ1) is 23.6. The van der Waals surface area contributed by atoms with Crippen LogP contribution in [-0.2, 0) is 6.54 Å². The van der Waals surface area contributed by atoms with Crippen LogP contribution in [0.3, 0.4) is 0 Å². The van der Waals surface area contributed by atoms with Crippen LogP contribution in [0.5, 0.6) is 5.75 Å². The highest BCUT2D eigenvalue weighted by atomic mass is 16.5. The number of H-pyrrole nitrogens is 1. The van der Waals surface area contributed by atoms with E-state index >= 15 is 0 Å². The Labute approximate surface area is 214 Å². The van der Waals surface area contributed by atoms with Crippen LogP contribution in [0.15, 0.2) is 55.0 Å². The summed E-state index contributed by atoms with van der Waals surface area (Å²) in [4.78, 5) is 24.3. The number of hydrogen-bond donors (Lipinski definition) is 3. The van der Waals surface area contributed by atoms with Gasteiger partial charge in [-0.1, -0.05) is 6.07 Å². The molecule has 1 saturated heterocycles. The Hall–Kier alpha value is -3.82. The molecule has 1 aliphatic heterocycles. The number of fused-ring (bicyclic) bond motifs is 1. The molecule has 1 aromatic carbocycles. The van der Waals surface area contributed by atoms with Gasteiger partial charge in [-0.25, -0.2) is 0 Å². The number of ether oxygens (including phenoxy) is 1. The Morgan fingerprint density at radius 2 is 1.92 bits per heavy atom. The number of aliphatic hydroxyl groups excluding tert-OH is 1. The van der Waals surface area contributed by atoms with Crippen molar-refractivity contribution >= 4 is 22.5 Å².